The van der Waals surface area contributed by atoms with Crippen LogP contribution in [-0.4, -0.2) is 30.2 Å². The Balaban J connectivity index is 1.79. The van der Waals surface area contributed by atoms with Crippen LogP contribution in [0.1, 0.15) is 32.8 Å². The van der Waals surface area contributed by atoms with Gasteiger partial charge >= 0.3 is 0 Å². The van der Waals surface area contributed by atoms with Crippen molar-refractivity contribution < 1.29 is 14.2 Å². The summed E-state index contributed by atoms with van der Waals surface area (Å²) in [4.78, 5) is 0. The molecule has 0 N–H and O–H groups in total. The molecule has 2 aliphatic heterocycles. The number of ether oxygens (including phenoxy) is 3. The molecule has 0 saturated carbocycles. The highest BCUT2D eigenvalue weighted by atomic mass is 16.8. The molecular formula is C17H20O3. The molecule has 0 amide bonds. The molecule has 1 aromatic carbocycles. The third-order valence-electron chi connectivity index (χ3n) is 3.68. The highest BCUT2D eigenvalue weighted by molar-refractivity contribution is 5.35. The molecule has 0 aromatic heterocycles. The molecular weight excluding hydrogens is 252 g/mol. The number of hydrogen-bond acceptors (Lipinski definition) is 3. The van der Waals surface area contributed by atoms with Crippen molar-refractivity contribution in [3.63, 3.8) is 0 Å². The Bertz CT molecular complexity index is 526. The van der Waals surface area contributed by atoms with Crippen LogP contribution in [0.25, 0.3) is 0 Å². The molecule has 0 spiro atoms. The molecule has 0 aliphatic carbocycles. The third-order valence-corrected chi connectivity index (χ3v) is 3.68. The SMILES string of the molecule is CC[C@H]1O[C@@H](C#Cc2ccccc2)[C@@H]2OC(C)(C)O[C@@H]21. The van der Waals surface area contributed by atoms with Gasteiger partial charge in [-0.05, 0) is 32.4 Å². The zero-order valence-corrected chi connectivity index (χ0v) is 12.1. The van der Waals surface area contributed by atoms with E-state index in [4.69, 9.17) is 14.2 Å². The first-order valence-electron chi connectivity index (χ1n) is 7.17. The maximum absolute atomic E-state index is 5.97. The van der Waals surface area contributed by atoms with Crippen molar-refractivity contribution in [2.45, 2.75) is 57.4 Å². The molecule has 20 heavy (non-hydrogen) atoms. The van der Waals surface area contributed by atoms with Gasteiger partial charge in [0.2, 0.25) is 0 Å². The quantitative estimate of drug-likeness (QED) is 0.736. The summed E-state index contributed by atoms with van der Waals surface area (Å²) in [7, 11) is 0. The Morgan fingerprint density at radius 3 is 2.50 bits per heavy atom. The Labute approximate surface area is 120 Å². The minimum absolute atomic E-state index is 0.00919. The summed E-state index contributed by atoms with van der Waals surface area (Å²) in [6, 6.07) is 9.93. The Kier molecular flexibility index (Phi) is 3.55. The first-order valence-corrected chi connectivity index (χ1v) is 7.17. The molecule has 106 valence electrons. The van der Waals surface area contributed by atoms with Gasteiger partial charge in [-0.15, -0.1) is 0 Å². The van der Waals surface area contributed by atoms with Gasteiger partial charge in [0, 0.05) is 5.56 Å². The molecule has 4 atom stereocenters. The second kappa shape index (κ2) is 5.21. The Morgan fingerprint density at radius 2 is 1.80 bits per heavy atom. The summed E-state index contributed by atoms with van der Waals surface area (Å²) >= 11 is 0. The molecule has 0 unspecified atom stereocenters. The first-order chi connectivity index (χ1) is 9.59. The number of benzene rings is 1. The first kappa shape index (κ1) is 13.6. The van der Waals surface area contributed by atoms with E-state index in [2.05, 4.69) is 18.8 Å². The minimum atomic E-state index is -0.542. The van der Waals surface area contributed by atoms with Crippen LogP contribution in [0.3, 0.4) is 0 Å². The lowest BCUT2D eigenvalue weighted by Crippen LogP contribution is -2.28. The summed E-state index contributed by atoms with van der Waals surface area (Å²) < 4.78 is 17.9. The molecule has 3 heteroatoms. The number of hydrogen-bond donors (Lipinski definition) is 0. The lowest BCUT2D eigenvalue weighted by Gasteiger charge is -2.22. The number of fused-ring (bicyclic) bond motifs is 1. The van der Waals surface area contributed by atoms with Gasteiger partial charge in [-0.1, -0.05) is 37.0 Å². The molecule has 2 fully saturated rings. The largest absolute Gasteiger partial charge is 0.357 e. The Morgan fingerprint density at radius 1 is 1.10 bits per heavy atom. The van der Waals surface area contributed by atoms with Gasteiger partial charge in [-0.2, -0.15) is 0 Å². The van der Waals surface area contributed by atoms with E-state index < -0.39 is 5.79 Å². The van der Waals surface area contributed by atoms with Crippen LogP contribution in [0.2, 0.25) is 0 Å². The lowest BCUT2D eigenvalue weighted by molar-refractivity contribution is -0.181. The van der Waals surface area contributed by atoms with Crippen molar-refractivity contribution in [2.24, 2.45) is 0 Å². The highest BCUT2D eigenvalue weighted by Crippen LogP contribution is 2.39. The van der Waals surface area contributed by atoms with Crippen LogP contribution < -0.4 is 0 Å². The molecule has 2 aliphatic rings. The van der Waals surface area contributed by atoms with Gasteiger partial charge in [0.15, 0.2) is 5.79 Å². The fraction of sp³-hybridized carbons (Fsp3) is 0.529. The fourth-order valence-electron chi connectivity index (χ4n) is 2.80. The predicted octanol–water partition coefficient (Wildman–Crippen LogP) is 2.74. The molecule has 0 bridgehead atoms. The van der Waals surface area contributed by atoms with Crippen molar-refractivity contribution in [2.75, 3.05) is 0 Å². The van der Waals surface area contributed by atoms with Crippen molar-refractivity contribution in [1.82, 2.24) is 0 Å². The van der Waals surface area contributed by atoms with Crippen LogP contribution in [-0.2, 0) is 14.2 Å². The van der Waals surface area contributed by atoms with Gasteiger partial charge in [-0.3, -0.25) is 0 Å². The average molecular weight is 272 g/mol. The van der Waals surface area contributed by atoms with Gasteiger partial charge in [0.05, 0.1) is 6.10 Å². The molecule has 0 radical (unpaired) electrons. The van der Waals surface area contributed by atoms with Crippen molar-refractivity contribution in [1.29, 1.82) is 0 Å². The van der Waals surface area contributed by atoms with Crippen LogP contribution in [0.15, 0.2) is 30.3 Å². The van der Waals surface area contributed by atoms with Crippen molar-refractivity contribution in [3.8, 4) is 11.8 Å². The summed E-state index contributed by atoms with van der Waals surface area (Å²) in [5.74, 6) is 5.81. The van der Waals surface area contributed by atoms with Crippen LogP contribution in [0, 0.1) is 11.8 Å². The number of rotatable bonds is 1. The fourth-order valence-corrected chi connectivity index (χ4v) is 2.80. The third kappa shape index (κ3) is 2.60. The van der Waals surface area contributed by atoms with E-state index in [1.54, 1.807) is 0 Å². The normalized spacial score (nSPS) is 34.4. The molecule has 2 heterocycles. The van der Waals surface area contributed by atoms with Crippen molar-refractivity contribution >= 4 is 0 Å². The van der Waals surface area contributed by atoms with Gasteiger partial charge in [0.25, 0.3) is 0 Å². The monoisotopic (exact) mass is 272 g/mol. The maximum atomic E-state index is 5.97. The zero-order valence-electron chi connectivity index (χ0n) is 12.1. The average Bonchev–Trinajstić information content (AvgIpc) is 2.91. The van der Waals surface area contributed by atoms with E-state index in [-0.39, 0.29) is 24.4 Å². The highest BCUT2D eigenvalue weighted by Gasteiger charge is 2.54. The van der Waals surface area contributed by atoms with Gasteiger partial charge in [-0.25, -0.2) is 0 Å². The summed E-state index contributed by atoms with van der Waals surface area (Å²) in [5, 5.41) is 0. The smallest absolute Gasteiger partial charge is 0.164 e. The van der Waals surface area contributed by atoms with E-state index in [0.29, 0.717) is 0 Å². The minimum Gasteiger partial charge on any atom is -0.357 e. The second-order valence-corrected chi connectivity index (χ2v) is 5.70. The topological polar surface area (TPSA) is 27.7 Å². The molecule has 2 saturated heterocycles. The lowest BCUT2D eigenvalue weighted by atomic mass is 10.1. The summed E-state index contributed by atoms with van der Waals surface area (Å²) in [5.41, 5.74) is 0.991. The summed E-state index contributed by atoms with van der Waals surface area (Å²) in [6.07, 6.45) is 0.657. The van der Waals surface area contributed by atoms with E-state index >= 15 is 0 Å². The molecule has 3 nitrogen and oxygen atoms in total. The van der Waals surface area contributed by atoms with Gasteiger partial charge < -0.3 is 14.2 Å². The Hall–Kier alpha value is -1.34. The predicted molar refractivity (Wildman–Crippen MR) is 76.1 cm³/mol. The van der Waals surface area contributed by atoms with Crippen LogP contribution in [0.5, 0.6) is 0 Å². The van der Waals surface area contributed by atoms with Gasteiger partial charge in [0.1, 0.15) is 18.3 Å². The van der Waals surface area contributed by atoms with E-state index in [1.165, 1.54) is 0 Å². The van der Waals surface area contributed by atoms with E-state index in [1.807, 2.05) is 44.2 Å². The maximum Gasteiger partial charge on any atom is 0.164 e. The van der Waals surface area contributed by atoms with E-state index in [9.17, 15) is 0 Å². The molecule has 1 aromatic rings. The zero-order chi connectivity index (χ0) is 14.2. The van der Waals surface area contributed by atoms with E-state index in [0.717, 1.165) is 12.0 Å². The summed E-state index contributed by atoms with van der Waals surface area (Å²) in [6.45, 7) is 5.99. The van der Waals surface area contributed by atoms with Crippen LogP contribution in [0.4, 0.5) is 0 Å². The second-order valence-electron chi connectivity index (χ2n) is 5.70. The molecule has 3 rings (SSSR count). The standard InChI is InChI=1S/C17H20O3/c1-4-13-15-16(20-17(2,3)19-15)14(18-13)11-10-12-8-6-5-7-9-12/h5-9,13-16H,4H2,1-3H3/t13-,14+,15-,16+/m1/s1. The van der Waals surface area contributed by atoms with Crippen LogP contribution >= 0.6 is 0 Å². The van der Waals surface area contributed by atoms with Crippen molar-refractivity contribution in [3.05, 3.63) is 35.9 Å².